The van der Waals surface area contributed by atoms with E-state index >= 15 is 0 Å². The molecule has 0 aliphatic carbocycles. The van der Waals surface area contributed by atoms with Gasteiger partial charge in [0, 0.05) is 39.1 Å². The molecule has 0 bridgehead atoms. The number of hydrogen-bond donors (Lipinski definition) is 0. The minimum absolute atomic E-state index is 0.253. The van der Waals surface area contributed by atoms with Crippen LogP contribution in [0.5, 0.6) is 0 Å². The first kappa shape index (κ1) is 16.8. The molecular weight excluding hydrogens is 280 g/mol. The van der Waals surface area contributed by atoms with E-state index in [2.05, 4.69) is 9.88 Å². The molecule has 1 aromatic rings. The first-order chi connectivity index (χ1) is 10.3. The predicted molar refractivity (Wildman–Crippen MR) is 85.5 cm³/mol. The van der Waals surface area contributed by atoms with E-state index in [0.29, 0.717) is 12.6 Å². The SMILES string of the molecule is CN(C[C@@H]1CCCN1Cc1nccn1C)C(=O)OC(C)(C)C. The maximum atomic E-state index is 12.1. The van der Waals surface area contributed by atoms with Gasteiger partial charge in [0.1, 0.15) is 11.4 Å². The zero-order valence-electron chi connectivity index (χ0n) is 14.4. The topological polar surface area (TPSA) is 50.6 Å². The highest BCUT2D eigenvalue weighted by Crippen LogP contribution is 2.21. The van der Waals surface area contributed by atoms with E-state index in [1.54, 1.807) is 4.90 Å². The summed E-state index contributed by atoms with van der Waals surface area (Å²) in [4.78, 5) is 20.6. The largest absolute Gasteiger partial charge is 0.444 e. The average Bonchev–Trinajstić information content (AvgIpc) is 2.99. The van der Waals surface area contributed by atoms with Crippen molar-refractivity contribution in [1.29, 1.82) is 0 Å². The molecule has 2 rings (SSSR count). The van der Waals surface area contributed by atoms with Crippen molar-refractivity contribution in [2.45, 2.75) is 51.8 Å². The number of imidazole rings is 1. The molecule has 6 nitrogen and oxygen atoms in total. The van der Waals surface area contributed by atoms with Gasteiger partial charge < -0.3 is 14.2 Å². The van der Waals surface area contributed by atoms with E-state index in [9.17, 15) is 4.79 Å². The fourth-order valence-electron chi connectivity index (χ4n) is 2.77. The lowest BCUT2D eigenvalue weighted by Gasteiger charge is -2.30. The number of likely N-dealkylation sites (N-methyl/N-ethyl adjacent to an activating group) is 1. The Balaban J connectivity index is 1.91. The van der Waals surface area contributed by atoms with Gasteiger partial charge in [-0.25, -0.2) is 9.78 Å². The van der Waals surface area contributed by atoms with Crippen molar-refractivity contribution in [2.24, 2.45) is 7.05 Å². The van der Waals surface area contributed by atoms with E-state index in [1.807, 2.05) is 51.8 Å². The van der Waals surface area contributed by atoms with E-state index in [-0.39, 0.29) is 6.09 Å². The van der Waals surface area contributed by atoms with Crippen LogP contribution in [-0.4, -0.2) is 57.2 Å². The Hall–Kier alpha value is -1.56. The summed E-state index contributed by atoms with van der Waals surface area (Å²) >= 11 is 0. The summed E-state index contributed by atoms with van der Waals surface area (Å²) in [5.74, 6) is 1.06. The number of likely N-dealkylation sites (tertiary alicyclic amines) is 1. The monoisotopic (exact) mass is 308 g/mol. The summed E-state index contributed by atoms with van der Waals surface area (Å²) in [6, 6.07) is 0.370. The molecule has 0 spiro atoms. The van der Waals surface area contributed by atoms with Gasteiger partial charge in [0.15, 0.2) is 0 Å². The molecule has 1 saturated heterocycles. The van der Waals surface area contributed by atoms with Crippen LogP contribution in [0.4, 0.5) is 4.79 Å². The van der Waals surface area contributed by atoms with Gasteiger partial charge in [-0.05, 0) is 40.2 Å². The highest BCUT2D eigenvalue weighted by atomic mass is 16.6. The van der Waals surface area contributed by atoms with Gasteiger partial charge in [0.2, 0.25) is 0 Å². The second-order valence-electron chi connectivity index (χ2n) is 7.08. The van der Waals surface area contributed by atoms with Crippen LogP contribution >= 0.6 is 0 Å². The smallest absolute Gasteiger partial charge is 0.410 e. The molecule has 1 fully saturated rings. The highest BCUT2D eigenvalue weighted by molar-refractivity contribution is 5.67. The number of carbonyl (C=O) groups excluding carboxylic acids is 1. The molecule has 1 atom stereocenters. The predicted octanol–water partition coefficient (Wildman–Crippen LogP) is 2.25. The Bertz CT molecular complexity index is 506. The van der Waals surface area contributed by atoms with E-state index < -0.39 is 5.60 Å². The maximum Gasteiger partial charge on any atom is 0.410 e. The molecule has 22 heavy (non-hydrogen) atoms. The van der Waals surface area contributed by atoms with Crippen LogP contribution in [0.1, 0.15) is 39.4 Å². The molecule has 6 heteroatoms. The van der Waals surface area contributed by atoms with Crippen LogP contribution in [0.2, 0.25) is 0 Å². The van der Waals surface area contributed by atoms with Gasteiger partial charge in [-0.15, -0.1) is 0 Å². The molecule has 2 heterocycles. The number of aromatic nitrogens is 2. The minimum Gasteiger partial charge on any atom is -0.444 e. The Kier molecular flexibility index (Phi) is 5.11. The zero-order chi connectivity index (χ0) is 16.3. The van der Waals surface area contributed by atoms with Gasteiger partial charge in [0.25, 0.3) is 0 Å². The third kappa shape index (κ3) is 4.47. The molecule has 124 valence electrons. The Morgan fingerprint density at radius 3 is 2.82 bits per heavy atom. The van der Waals surface area contributed by atoms with Crippen LogP contribution < -0.4 is 0 Å². The Morgan fingerprint density at radius 1 is 1.50 bits per heavy atom. The second kappa shape index (κ2) is 6.69. The quantitative estimate of drug-likeness (QED) is 0.856. The summed E-state index contributed by atoms with van der Waals surface area (Å²) in [7, 11) is 3.82. The van der Waals surface area contributed by atoms with E-state index in [4.69, 9.17) is 4.74 Å². The summed E-state index contributed by atoms with van der Waals surface area (Å²) in [6.45, 7) is 8.25. The lowest BCUT2D eigenvalue weighted by atomic mass is 10.2. The Labute approximate surface area is 133 Å². The number of ether oxygens (including phenoxy) is 1. The van der Waals surface area contributed by atoms with Crippen LogP contribution in [0.15, 0.2) is 12.4 Å². The van der Waals surface area contributed by atoms with Crippen molar-refractivity contribution in [2.75, 3.05) is 20.1 Å². The molecule has 0 radical (unpaired) electrons. The van der Waals surface area contributed by atoms with Gasteiger partial charge in [-0.1, -0.05) is 0 Å². The second-order valence-corrected chi connectivity index (χ2v) is 7.08. The third-order valence-corrected chi connectivity index (χ3v) is 3.95. The minimum atomic E-state index is -0.451. The summed E-state index contributed by atoms with van der Waals surface area (Å²) in [5.41, 5.74) is -0.451. The molecule has 0 saturated carbocycles. The fraction of sp³-hybridized carbons (Fsp3) is 0.750. The molecule has 0 aromatic carbocycles. The molecule has 0 unspecified atom stereocenters. The Morgan fingerprint density at radius 2 is 2.23 bits per heavy atom. The summed E-state index contributed by atoms with van der Waals surface area (Å²) < 4.78 is 7.47. The molecular formula is C16H28N4O2. The standard InChI is InChI=1S/C16H28N4O2/c1-16(2,3)22-15(21)19(5)11-13-7-6-9-20(13)12-14-17-8-10-18(14)4/h8,10,13H,6-7,9,11-12H2,1-5H3/t13-/m0/s1. The van der Waals surface area contributed by atoms with Crippen molar-refractivity contribution < 1.29 is 9.53 Å². The number of rotatable bonds is 4. The third-order valence-electron chi connectivity index (χ3n) is 3.95. The molecule has 0 N–H and O–H groups in total. The maximum absolute atomic E-state index is 12.1. The number of nitrogens with zero attached hydrogens (tertiary/aromatic N) is 4. The first-order valence-corrected chi connectivity index (χ1v) is 7.90. The molecule has 1 amide bonds. The number of carbonyl (C=O) groups is 1. The van der Waals surface area contributed by atoms with Crippen LogP contribution in [0.3, 0.4) is 0 Å². The average molecular weight is 308 g/mol. The summed E-state index contributed by atoms with van der Waals surface area (Å²) in [6.07, 6.45) is 5.81. The van der Waals surface area contributed by atoms with Crippen LogP contribution in [0, 0.1) is 0 Å². The molecule has 1 aliphatic rings. The normalized spacial score (nSPS) is 19.4. The number of hydrogen-bond acceptors (Lipinski definition) is 4. The van der Waals surface area contributed by atoms with Crippen molar-refractivity contribution in [1.82, 2.24) is 19.4 Å². The van der Waals surface area contributed by atoms with E-state index in [1.165, 1.54) is 0 Å². The molecule has 1 aliphatic heterocycles. The fourth-order valence-corrected chi connectivity index (χ4v) is 2.77. The van der Waals surface area contributed by atoms with Crippen molar-refractivity contribution in [3.63, 3.8) is 0 Å². The van der Waals surface area contributed by atoms with E-state index in [0.717, 1.165) is 31.8 Å². The lowest BCUT2D eigenvalue weighted by molar-refractivity contribution is 0.0255. The van der Waals surface area contributed by atoms with Crippen LogP contribution in [0.25, 0.3) is 0 Å². The summed E-state index contributed by atoms with van der Waals surface area (Å²) in [5, 5.41) is 0. The number of amides is 1. The van der Waals surface area contributed by atoms with Gasteiger partial charge in [-0.2, -0.15) is 0 Å². The van der Waals surface area contributed by atoms with Crippen molar-refractivity contribution >= 4 is 6.09 Å². The van der Waals surface area contributed by atoms with Gasteiger partial charge in [-0.3, -0.25) is 4.90 Å². The van der Waals surface area contributed by atoms with Crippen molar-refractivity contribution in [3.8, 4) is 0 Å². The highest BCUT2D eigenvalue weighted by Gasteiger charge is 2.29. The van der Waals surface area contributed by atoms with Crippen molar-refractivity contribution in [3.05, 3.63) is 18.2 Å². The molecule has 1 aromatic heterocycles. The lowest BCUT2D eigenvalue weighted by Crippen LogP contribution is -2.43. The first-order valence-electron chi connectivity index (χ1n) is 7.90. The van der Waals surface area contributed by atoms with Gasteiger partial charge in [0.05, 0.1) is 6.54 Å². The van der Waals surface area contributed by atoms with Gasteiger partial charge >= 0.3 is 6.09 Å². The van der Waals surface area contributed by atoms with Crippen LogP contribution in [-0.2, 0) is 18.3 Å². The number of aryl methyl sites for hydroxylation is 1. The zero-order valence-corrected chi connectivity index (χ0v) is 14.4.